The summed E-state index contributed by atoms with van der Waals surface area (Å²) in [6.45, 7) is 3.30. The number of ether oxygens (including phenoxy) is 1. The van der Waals surface area contributed by atoms with Crippen LogP contribution in [0.15, 0.2) is 41.1 Å². The van der Waals surface area contributed by atoms with Crippen LogP contribution in [0, 0.1) is 13.8 Å². The highest BCUT2D eigenvalue weighted by molar-refractivity contribution is 9.10. The predicted octanol–water partition coefficient (Wildman–Crippen LogP) is 2.97. The number of rotatable bonds is 4. The summed E-state index contributed by atoms with van der Waals surface area (Å²) in [5, 5.41) is 4.63. The molecule has 8 heteroatoms. The van der Waals surface area contributed by atoms with Gasteiger partial charge in [0.05, 0.1) is 5.56 Å². The molecule has 3 amide bonds. The normalized spacial score (nSPS) is 10.0. The van der Waals surface area contributed by atoms with Crippen molar-refractivity contribution in [2.75, 3.05) is 11.9 Å². The fourth-order valence-corrected chi connectivity index (χ4v) is 2.25. The van der Waals surface area contributed by atoms with Gasteiger partial charge in [0.25, 0.3) is 5.91 Å². The average Bonchev–Trinajstić information content (AvgIpc) is 2.56. The molecule has 0 spiro atoms. The van der Waals surface area contributed by atoms with Gasteiger partial charge in [0.1, 0.15) is 0 Å². The van der Waals surface area contributed by atoms with Gasteiger partial charge in [0.15, 0.2) is 6.61 Å². The fraction of sp³-hybridized carbons (Fsp3) is 0.176. The summed E-state index contributed by atoms with van der Waals surface area (Å²) in [4.78, 5) is 39.1. The number of anilines is 1. The number of pyridine rings is 1. The first-order chi connectivity index (χ1) is 11.8. The van der Waals surface area contributed by atoms with Gasteiger partial charge in [0.2, 0.25) is 0 Å². The van der Waals surface area contributed by atoms with Crippen LogP contribution in [0.5, 0.6) is 0 Å². The molecule has 1 aromatic heterocycles. The van der Waals surface area contributed by atoms with Crippen molar-refractivity contribution in [3.05, 3.63) is 57.8 Å². The standard InChI is InChI=1S/C17H16BrN3O4/c1-10-3-4-14(5-11(10)2)20-17(24)21-15(22)9-25-16(23)12-6-13(18)8-19-7-12/h3-8H,9H2,1-2H3,(H2,20,21,22,24). The molecule has 0 atom stereocenters. The molecule has 2 N–H and O–H groups in total. The molecule has 0 saturated heterocycles. The van der Waals surface area contributed by atoms with Crippen molar-refractivity contribution in [2.24, 2.45) is 0 Å². The Morgan fingerprint density at radius 2 is 1.88 bits per heavy atom. The van der Waals surface area contributed by atoms with Crippen molar-refractivity contribution in [3.8, 4) is 0 Å². The van der Waals surface area contributed by atoms with Gasteiger partial charge in [-0.05, 0) is 59.1 Å². The number of nitrogens with zero attached hydrogens (tertiary/aromatic N) is 1. The van der Waals surface area contributed by atoms with Crippen LogP contribution in [0.1, 0.15) is 21.5 Å². The lowest BCUT2D eigenvalue weighted by Gasteiger charge is -2.09. The molecule has 1 heterocycles. The summed E-state index contributed by atoms with van der Waals surface area (Å²) in [6, 6.07) is 6.19. The van der Waals surface area contributed by atoms with Crippen LogP contribution in [0.2, 0.25) is 0 Å². The van der Waals surface area contributed by atoms with E-state index in [9.17, 15) is 14.4 Å². The highest BCUT2D eigenvalue weighted by atomic mass is 79.9. The molecule has 25 heavy (non-hydrogen) atoms. The summed E-state index contributed by atoms with van der Waals surface area (Å²) in [5.74, 6) is -1.45. The Labute approximate surface area is 152 Å². The lowest BCUT2D eigenvalue weighted by Crippen LogP contribution is -2.37. The number of imide groups is 1. The maximum atomic E-state index is 11.8. The Balaban J connectivity index is 1.82. The quantitative estimate of drug-likeness (QED) is 0.761. The number of carbonyl (C=O) groups excluding carboxylic acids is 3. The molecule has 0 radical (unpaired) electrons. The molecule has 2 aromatic rings. The van der Waals surface area contributed by atoms with E-state index in [2.05, 4.69) is 31.5 Å². The molecule has 0 fully saturated rings. The predicted molar refractivity (Wildman–Crippen MR) is 95.3 cm³/mol. The van der Waals surface area contributed by atoms with Crippen molar-refractivity contribution in [3.63, 3.8) is 0 Å². The van der Waals surface area contributed by atoms with Crippen molar-refractivity contribution < 1.29 is 19.1 Å². The van der Waals surface area contributed by atoms with Crippen LogP contribution in [0.3, 0.4) is 0 Å². The van der Waals surface area contributed by atoms with Gasteiger partial charge in [-0.25, -0.2) is 9.59 Å². The number of aryl methyl sites for hydroxylation is 2. The molecule has 0 aliphatic rings. The van der Waals surface area contributed by atoms with Crippen LogP contribution in [-0.2, 0) is 9.53 Å². The SMILES string of the molecule is Cc1ccc(NC(=O)NC(=O)COC(=O)c2cncc(Br)c2)cc1C. The minimum Gasteiger partial charge on any atom is -0.452 e. The monoisotopic (exact) mass is 405 g/mol. The van der Waals surface area contributed by atoms with E-state index < -0.39 is 24.5 Å². The van der Waals surface area contributed by atoms with Gasteiger partial charge in [0, 0.05) is 22.6 Å². The first kappa shape index (κ1) is 18.6. The number of esters is 1. The van der Waals surface area contributed by atoms with Gasteiger partial charge in [-0.2, -0.15) is 0 Å². The van der Waals surface area contributed by atoms with E-state index >= 15 is 0 Å². The molecular weight excluding hydrogens is 390 g/mol. The summed E-state index contributed by atoms with van der Waals surface area (Å²) in [5.41, 5.74) is 2.86. The molecule has 0 bridgehead atoms. The Morgan fingerprint density at radius 3 is 2.56 bits per heavy atom. The molecule has 0 saturated carbocycles. The number of urea groups is 1. The van der Waals surface area contributed by atoms with E-state index in [-0.39, 0.29) is 5.56 Å². The molecule has 1 aromatic carbocycles. The van der Waals surface area contributed by atoms with E-state index in [4.69, 9.17) is 4.74 Å². The van der Waals surface area contributed by atoms with E-state index in [1.807, 2.05) is 19.9 Å². The Bertz CT molecular complexity index is 823. The number of hydrogen-bond acceptors (Lipinski definition) is 5. The third kappa shape index (κ3) is 5.68. The summed E-state index contributed by atoms with van der Waals surface area (Å²) >= 11 is 3.18. The summed E-state index contributed by atoms with van der Waals surface area (Å²) < 4.78 is 5.45. The number of benzene rings is 1. The number of carbonyl (C=O) groups is 3. The van der Waals surface area contributed by atoms with E-state index in [0.29, 0.717) is 10.2 Å². The van der Waals surface area contributed by atoms with Gasteiger partial charge >= 0.3 is 12.0 Å². The minimum atomic E-state index is -0.738. The third-order valence-electron chi connectivity index (χ3n) is 3.29. The van der Waals surface area contributed by atoms with Crippen molar-refractivity contribution in [2.45, 2.75) is 13.8 Å². The second-order valence-corrected chi connectivity index (χ2v) is 6.18. The number of amides is 3. The molecule has 7 nitrogen and oxygen atoms in total. The Morgan fingerprint density at radius 1 is 1.12 bits per heavy atom. The highest BCUT2D eigenvalue weighted by Crippen LogP contribution is 2.14. The van der Waals surface area contributed by atoms with Gasteiger partial charge in [-0.3, -0.25) is 15.1 Å². The zero-order chi connectivity index (χ0) is 18.4. The van der Waals surface area contributed by atoms with Crippen LogP contribution in [-0.4, -0.2) is 29.5 Å². The number of hydrogen-bond donors (Lipinski definition) is 2. The maximum Gasteiger partial charge on any atom is 0.340 e. The minimum absolute atomic E-state index is 0.196. The Kier molecular flexibility index (Phi) is 6.24. The molecular formula is C17H16BrN3O4. The summed E-state index contributed by atoms with van der Waals surface area (Å²) in [7, 11) is 0. The lowest BCUT2D eigenvalue weighted by atomic mass is 10.1. The fourth-order valence-electron chi connectivity index (χ4n) is 1.88. The number of halogens is 1. The highest BCUT2D eigenvalue weighted by Gasteiger charge is 2.13. The molecule has 0 aliphatic heterocycles. The zero-order valence-corrected chi connectivity index (χ0v) is 15.2. The third-order valence-corrected chi connectivity index (χ3v) is 3.73. The Hall–Kier alpha value is -2.74. The topological polar surface area (TPSA) is 97.4 Å². The smallest absolute Gasteiger partial charge is 0.340 e. The second kappa shape index (κ2) is 8.39. The number of nitrogens with one attached hydrogen (secondary N) is 2. The molecule has 0 aliphatic carbocycles. The largest absolute Gasteiger partial charge is 0.452 e. The first-order valence-corrected chi connectivity index (χ1v) is 8.10. The second-order valence-electron chi connectivity index (χ2n) is 5.27. The molecule has 130 valence electrons. The van der Waals surface area contributed by atoms with Crippen LogP contribution in [0.25, 0.3) is 0 Å². The average molecular weight is 406 g/mol. The van der Waals surface area contributed by atoms with Crippen molar-refractivity contribution in [1.82, 2.24) is 10.3 Å². The number of aromatic nitrogens is 1. The lowest BCUT2D eigenvalue weighted by molar-refractivity contribution is -0.123. The van der Waals surface area contributed by atoms with Gasteiger partial charge in [-0.1, -0.05) is 6.07 Å². The first-order valence-electron chi connectivity index (χ1n) is 7.31. The maximum absolute atomic E-state index is 11.8. The summed E-state index contributed by atoms with van der Waals surface area (Å²) in [6.07, 6.45) is 2.83. The van der Waals surface area contributed by atoms with E-state index in [1.54, 1.807) is 12.1 Å². The van der Waals surface area contributed by atoms with Crippen molar-refractivity contribution >= 4 is 39.5 Å². The van der Waals surface area contributed by atoms with Crippen LogP contribution >= 0.6 is 15.9 Å². The van der Waals surface area contributed by atoms with Gasteiger partial charge < -0.3 is 10.1 Å². The van der Waals surface area contributed by atoms with Crippen LogP contribution < -0.4 is 10.6 Å². The van der Waals surface area contributed by atoms with Crippen LogP contribution in [0.4, 0.5) is 10.5 Å². The molecule has 0 unspecified atom stereocenters. The molecule has 2 rings (SSSR count). The van der Waals surface area contributed by atoms with E-state index in [1.165, 1.54) is 18.5 Å². The van der Waals surface area contributed by atoms with Gasteiger partial charge in [-0.15, -0.1) is 0 Å². The van der Waals surface area contributed by atoms with E-state index in [0.717, 1.165) is 11.1 Å². The zero-order valence-electron chi connectivity index (χ0n) is 13.6. The van der Waals surface area contributed by atoms with Crippen molar-refractivity contribution in [1.29, 1.82) is 0 Å².